The lowest BCUT2D eigenvalue weighted by Gasteiger charge is -2.07. The lowest BCUT2D eigenvalue weighted by Crippen LogP contribution is -2.08. The van der Waals surface area contributed by atoms with Crippen molar-refractivity contribution in [1.29, 1.82) is 0 Å². The maximum absolute atomic E-state index is 11.5. The SMILES string of the molecule is CCOC(=O)c1cccc([N+](=O)[O-])c1OC.COc1c(C(=O)O)cccc1[N+](=O)[O-]. The van der Waals surface area contributed by atoms with Crippen LogP contribution in [0, 0.1) is 20.2 Å². The van der Waals surface area contributed by atoms with E-state index >= 15 is 0 Å². The Hall–Kier alpha value is -4.22. The number of rotatable bonds is 7. The third kappa shape index (κ3) is 5.64. The first-order valence-corrected chi connectivity index (χ1v) is 8.22. The molecule has 0 amide bonds. The maximum atomic E-state index is 11.5. The van der Waals surface area contributed by atoms with Gasteiger partial charge in [-0.25, -0.2) is 9.59 Å². The summed E-state index contributed by atoms with van der Waals surface area (Å²) in [6, 6.07) is 7.82. The van der Waals surface area contributed by atoms with Crippen molar-refractivity contribution in [3.05, 3.63) is 67.8 Å². The number of hydrogen-bond donors (Lipinski definition) is 1. The molecule has 0 radical (unpaired) electrons. The van der Waals surface area contributed by atoms with E-state index in [9.17, 15) is 29.8 Å². The van der Waals surface area contributed by atoms with Gasteiger partial charge in [-0.2, -0.15) is 0 Å². The highest BCUT2D eigenvalue weighted by molar-refractivity contribution is 5.94. The van der Waals surface area contributed by atoms with Gasteiger partial charge in [-0.3, -0.25) is 20.2 Å². The van der Waals surface area contributed by atoms with Crippen molar-refractivity contribution in [3.63, 3.8) is 0 Å². The first-order chi connectivity index (χ1) is 14.2. The van der Waals surface area contributed by atoms with Gasteiger partial charge in [-0.15, -0.1) is 0 Å². The second-order valence-corrected chi connectivity index (χ2v) is 5.26. The summed E-state index contributed by atoms with van der Waals surface area (Å²) in [6.45, 7) is 1.85. The highest BCUT2D eigenvalue weighted by atomic mass is 16.6. The van der Waals surface area contributed by atoms with Gasteiger partial charge in [0.1, 0.15) is 11.1 Å². The Kier molecular flexibility index (Phi) is 8.69. The maximum Gasteiger partial charge on any atom is 0.342 e. The van der Waals surface area contributed by atoms with E-state index in [0.29, 0.717) is 0 Å². The van der Waals surface area contributed by atoms with E-state index in [2.05, 4.69) is 4.74 Å². The van der Waals surface area contributed by atoms with Crippen LogP contribution in [0.2, 0.25) is 0 Å². The monoisotopic (exact) mass is 422 g/mol. The molecule has 160 valence electrons. The van der Waals surface area contributed by atoms with E-state index in [-0.39, 0.29) is 40.6 Å². The van der Waals surface area contributed by atoms with Crippen LogP contribution >= 0.6 is 0 Å². The average molecular weight is 422 g/mol. The molecule has 0 heterocycles. The molecule has 0 aliphatic carbocycles. The van der Waals surface area contributed by atoms with Crippen molar-refractivity contribution >= 4 is 23.3 Å². The van der Waals surface area contributed by atoms with Gasteiger partial charge < -0.3 is 19.3 Å². The molecule has 0 spiro atoms. The zero-order chi connectivity index (χ0) is 22.8. The average Bonchev–Trinajstić information content (AvgIpc) is 2.72. The van der Waals surface area contributed by atoms with Crippen LogP contribution in [-0.2, 0) is 4.74 Å². The molecule has 12 nitrogen and oxygen atoms in total. The van der Waals surface area contributed by atoms with Crippen molar-refractivity contribution < 1.29 is 38.8 Å². The fraction of sp³-hybridized carbons (Fsp3) is 0.222. The zero-order valence-electron chi connectivity index (χ0n) is 16.2. The van der Waals surface area contributed by atoms with Crippen LogP contribution in [-0.4, -0.2) is 47.7 Å². The minimum atomic E-state index is -1.26. The molecular formula is C18H18N2O10. The minimum absolute atomic E-state index is 0.0542. The molecule has 0 bridgehead atoms. The molecule has 2 aromatic carbocycles. The van der Waals surface area contributed by atoms with Gasteiger partial charge in [-0.05, 0) is 19.1 Å². The van der Waals surface area contributed by atoms with Crippen LogP contribution in [0.1, 0.15) is 27.6 Å². The fourth-order valence-electron chi connectivity index (χ4n) is 2.30. The number of carboxylic acids is 1. The summed E-state index contributed by atoms with van der Waals surface area (Å²) in [5.74, 6) is -2.20. The molecule has 1 N–H and O–H groups in total. The van der Waals surface area contributed by atoms with Crippen LogP contribution in [0.3, 0.4) is 0 Å². The number of aromatic carboxylic acids is 1. The molecule has 0 aliphatic rings. The Morgan fingerprint density at radius 2 is 1.33 bits per heavy atom. The number of nitro benzene ring substituents is 2. The number of para-hydroxylation sites is 2. The quantitative estimate of drug-likeness (QED) is 0.397. The Bertz CT molecular complexity index is 926. The van der Waals surface area contributed by atoms with Crippen molar-refractivity contribution in [2.45, 2.75) is 6.92 Å². The van der Waals surface area contributed by atoms with Crippen molar-refractivity contribution in [2.75, 3.05) is 20.8 Å². The van der Waals surface area contributed by atoms with Gasteiger partial charge >= 0.3 is 23.3 Å². The summed E-state index contributed by atoms with van der Waals surface area (Å²) < 4.78 is 14.3. The van der Waals surface area contributed by atoms with Gasteiger partial charge in [0.15, 0.2) is 0 Å². The number of carbonyl (C=O) groups is 2. The number of nitrogens with zero attached hydrogens (tertiary/aromatic N) is 2. The molecule has 2 rings (SSSR count). The molecule has 0 aliphatic heterocycles. The molecule has 0 saturated carbocycles. The third-order valence-corrected chi connectivity index (χ3v) is 3.52. The normalized spacial score (nSPS) is 9.57. The molecular weight excluding hydrogens is 404 g/mol. The third-order valence-electron chi connectivity index (χ3n) is 3.52. The van der Waals surface area contributed by atoms with E-state index in [1.165, 1.54) is 50.6 Å². The highest BCUT2D eigenvalue weighted by Gasteiger charge is 2.23. The van der Waals surface area contributed by atoms with E-state index in [0.717, 1.165) is 0 Å². The fourth-order valence-corrected chi connectivity index (χ4v) is 2.30. The summed E-state index contributed by atoms with van der Waals surface area (Å²) in [5.41, 5.74) is -0.777. The highest BCUT2D eigenvalue weighted by Crippen LogP contribution is 2.31. The molecule has 0 unspecified atom stereocenters. The van der Waals surface area contributed by atoms with Crippen LogP contribution in [0.4, 0.5) is 11.4 Å². The van der Waals surface area contributed by atoms with Crippen LogP contribution in [0.25, 0.3) is 0 Å². The predicted molar refractivity (Wildman–Crippen MR) is 102 cm³/mol. The Morgan fingerprint density at radius 1 is 0.900 bits per heavy atom. The smallest absolute Gasteiger partial charge is 0.342 e. The van der Waals surface area contributed by atoms with Gasteiger partial charge in [0.2, 0.25) is 11.5 Å². The summed E-state index contributed by atoms with van der Waals surface area (Å²) in [5, 5.41) is 29.9. The Balaban J connectivity index is 0.000000303. The molecule has 0 aromatic heterocycles. The van der Waals surface area contributed by atoms with Gasteiger partial charge in [0.25, 0.3) is 0 Å². The molecule has 0 fully saturated rings. The van der Waals surface area contributed by atoms with E-state index in [1.807, 2.05) is 0 Å². The van der Waals surface area contributed by atoms with Gasteiger partial charge in [0.05, 0.1) is 30.7 Å². The van der Waals surface area contributed by atoms with E-state index in [4.69, 9.17) is 14.6 Å². The van der Waals surface area contributed by atoms with Gasteiger partial charge in [-0.1, -0.05) is 12.1 Å². The summed E-state index contributed by atoms with van der Waals surface area (Å²) >= 11 is 0. The first kappa shape index (κ1) is 23.8. The van der Waals surface area contributed by atoms with Crippen molar-refractivity contribution in [2.24, 2.45) is 0 Å². The lowest BCUT2D eigenvalue weighted by molar-refractivity contribution is -0.385. The van der Waals surface area contributed by atoms with Crippen LogP contribution in [0.15, 0.2) is 36.4 Å². The van der Waals surface area contributed by atoms with Crippen LogP contribution < -0.4 is 9.47 Å². The summed E-state index contributed by atoms with van der Waals surface area (Å²) in [6.07, 6.45) is 0. The van der Waals surface area contributed by atoms with Crippen molar-refractivity contribution in [1.82, 2.24) is 0 Å². The lowest BCUT2D eigenvalue weighted by atomic mass is 10.1. The number of esters is 1. The molecule has 2 aromatic rings. The number of ether oxygens (including phenoxy) is 3. The number of nitro groups is 2. The number of carbonyl (C=O) groups excluding carboxylic acids is 1. The van der Waals surface area contributed by atoms with Crippen LogP contribution in [0.5, 0.6) is 11.5 Å². The molecule has 30 heavy (non-hydrogen) atoms. The number of carboxylic acid groups (broad SMARTS) is 1. The van der Waals surface area contributed by atoms with E-state index in [1.54, 1.807) is 6.92 Å². The Morgan fingerprint density at radius 3 is 1.70 bits per heavy atom. The zero-order valence-corrected chi connectivity index (χ0v) is 16.2. The minimum Gasteiger partial charge on any atom is -0.490 e. The van der Waals surface area contributed by atoms with Gasteiger partial charge in [0, 0.05) is 12.1 Å². The largest absolute Gasteiger partial charge is 0.490 e. The second kappa shape index (κ2) is 10.9. The number of methoxy groups -OCH3 is 2. The first-order valence-electron chi connectivity index (χ1n) is 8.22. The number of benzene rings is 2. The predicted octanol–water partition coefficient (Wildman–Crippen LogP) is 3.08. The van der Waals surface area contributed by atoms with E-state index < -0.39 is 21.8 Å². The summed E-state index contributed by atoms with van der Waals surface area (Å²) in [7, 11) is 2.46. The Labute approximate surface area is 169 Å². The second-order valence-electron chi connectivity index (χ2n) is 5.26. The number of hydrogen-bond acceptors (Lipinski definition) is 9. The topological polar surface area (TPSA) is 168 Å². The molecule has 12 heteroatoms. The summed E-state index contributed by atoms with van der Waals surface area (Å²) in [4.78, 5) is 42.0. The standard InChI is InChI=1S/C10H11NO5.C8H7NO5/c1-3-16-10(12)7-5-4-6-8(11(13)14)9(7)15-2;1-14-7-5(8(10)11)3-2-4-6(7)9(12)13/h4-6H,3H2,1-2H3;2-4H,1H3,(H,10,11). The van der Waals surface area contributed by atoms with Crippen molar-refractivity contribution in [3.8, 4) is 11.5 Å². The molecule has 0 saturated heterocycles. The molecule has 0 atom stereocenters.